The summed E-state index contributed by atoms with van der Waals surface area (Å²) in [7, 11) is 0. The number of hydrogen-bond acceptors (Lipinski definition) is 6. The Morgan fingerprint density at radius 1 is 1.60 bits per heavy atom. The van der Waals surface area contributed by atoms with Crippen LogP contribution in [0.5, 0.6) is 0 Å². The van der Waals surface area contributed by atoms with Gasteiger partial charge >= 0.3 is 6.09 Å². The number of nitrogens with one attached hydrogen (secondary N) is 1. The molecule has 0 spiro atoms. The van der Waals surface area contributed by atoms with Gasteiger partial charge in [-0.05, 0) is 25.8 Å². The molecular weight excluding hydrogens is 258 g/mol. The minimum atomic E-state index is -0.261. The van der Waals surface area contributed by atoms with E-state index in [9.17, 15) is 4.79 Å². The topological polar surface area (TPSA) is 91.1 Å². The molecule has 0 aromatic carbocycles. The zero-order chi connectivity index (χ0) is 14.4. The number of carbonyl (C=O) groups excluding carboxylic acids is 1. The smallest absolute Gasteiger partial charge is 0.409 e. The molecular formula is C13H17N5O2. The van der Waals surface area contributed by atoms with E-state index in [1.165, 1.54) is 6.20 Å². The summed E-state index contributed by atoms with van der Waals surface area (Å²) in [6.45, 7) is 3.46. The first kappa shape index (κ1) is 14.1. The van der Waals surface area contributed by atoms with E-state index in [1.807, 2.05) is 0 Å². The lowest BCUT2D eigenvalue weighted by Gasteiger charge is -2.31. The maximum absolute atomic E-state index is 11.6. The molecule has 20 heavy (non-hydrogen) atoms. The Balaban J connectivity index is 1.89. The third-order valence-corrected chi connectivity index (χ3v) is 3.20. The first-order valence-electron chi connectivity index (χ1n) is 6.64. The number of aromatic nitrogens is 2. The largest absolute Gasteiger partial charge is 0.450 e. The maximum Gasteiger partial charge on any atom is 0.409 e. The number of carbonyl (C=O) groups is 1. The van der Waals surface area contributed by atoms with Gasteiger partial charge in [-0.2, -0.15) is 10.4 Å². The Hall–Kier alpha value is -2.36. The van der Waals surface area contributed by atoms with Gasteiger partial charge in [0.05, 0.1) is 18.4 Å². The van der Waals surface area contributed by atoms with Crippen molar-refractivity contribution in [3.8, 4) is 6.07 Å². The van der Waals surface area contributed by atoms with Crippen molar-refractivity contribution in [2.45, 2.75) is 25.8 Å². The van der Waals surface area contributed by atoms with Crippen molar-refractivity contribution >= 4 is 11.9 Å². The van der Waals surface area contributed by atoms with Crippen LogP contribution in [0.25, 0.3) is 0 Å². The molecule has 0 bridgehead atoms. The van der Waals surface area contributed by atoms with E-state index in [2.05, 4.69) is 21.6 Å². The summed E-state index contributed by atoms with van der Waals surface area (Å²) < 4.78 is 4.97. The second-order valence-electron chi connectivity index (χ2n) is 4.51. The van der Waals surface area contributed by atoms with Crippen LogP contribution in [-0.4, -0.2) is 46.9 Å². The number of ether oxygens (including phenoxy) is 1. The molecule has 1 fully saturated rings. The Morgan fingerprint density at radius 2 is 2.35 bits per heavy atom. The van der Waals surface area contributed by atoms with Crippen molar-refractivity contribution in [3.05, 3.63) is 17.8 Å². The number of hydrogen-bond donors (Lipinski definition) is 1. The van der Waals surface area contributed by atoms with Gasteiger partial charge in [0, 0.05) is 19.1 Å². The molecule has 1 saturated heterocycles. The zero-order valence-corrected chi connectivity index (χ0v) is 11.4. The molecule has 1 aromatic heterocycles. The molecule has 106 valence electrons. The maximum atomic E-state index is 11.6. The van der Waals surface area contributed by atoms with E-state index in [0.717, 1.165) is 12.8 Å². The Labute approximate surface area is 117 Å². The van der Waals surface area contributed by atoms with Crippen molar-refractivity contribution in [3.63, 3.8) is 0 Å². The Morgan fingerprint density at radius 3 is 3.00 bits per heavy atom. The number of nitrogens with zero attached hydrogens (tertiary/aromatic N) is 4. The van der Waals surface area contributed by atoms with E-state index in [1.54, 1.807) is 17.9 Å². The third kappa shape index (κ3) is 3.35. The van der Waals surface area contributed by atoms with Crippen LogP contribution in [0.2, 0.25) is 0 Å². The fraction of sp³-hybridized carbons (Fsp3) is 0.538. The van der Waals surface area contributed by atoms with Crippen LogP contribution in [0.4, 0.5) is 10.6 Å². The first-order chi connectivity index (χ1) is 9.74. The first-order valence-corrected chi connectivity index (χ1v) is 6.64. The molecule has 7 nitrogen and oxygen atoms in total. The standard InChI is InChI=1S/C13H17N5O2/c1-2-20-13(19)18-7-4-11(5-8-18)16-12-10(9-14)3-6-15-17-12/h3,6,11H,2,4-5,7-8H2,1H3,(H,16,17). The molecule has 1 aliphatic heterocycles. The van der Waals surface area contributed by atoms with Crippen LogP contribution in [0.3, 0.4) is 0 Å². The van der Waals surface area contributed by atoms with E-state index in [4.69, 9.17) is 10.00 Å². The molecule has 1 aliphatic rings. The van der Waals surface area contributed by atoms with E-state index in [0.29, 0.717) is 31.1 Å². The highest BCUT2D eigenvalue weighted by molar-refractivity contribution is 5.67. The van der Waals surface area contributed by atoms with Crippen LogP contribution in [-0.2, 0) is 4.74 Å². The highest BCUT2D eigenvalue weighted by atomic mass is 16.6. The lowest BCUT2D eigenvalue weighted by Crippen LogP contribution is -2.42. The summed E-state index contributed by atoms with van der Waals surface area (Å²) in [5, 5.41) is 19.9. The number of anilines is 1. The van der Waals surface area contributed by atoms with Crippen molar-refractivity contribution in [1.82, 2.24) is 15.1 Å². The van der Waals surface area contributed by atoms with Crippen molar-refractivity contribution in [2.24, 2.45) is 0 Å². The Bertz CT molecular complexity index is 506. The predicted octanol–water partition coefficient (Wildman–Crippen LogP) is 1.38. The molecule has 1 aromatic rings. The monoisotopic (exact) mass is 275 g/mol. The van der Waals surface area contributed by atoms with Gasteiger partial charge in [-0.25, -0.2) is 4.79 Å². The fourth-order valence-electron chi connectivity index (χ4n) is 2.14. The van der Waals surface area contributed by atoms with Gasteiger partial charge in [-0.1, -0.05) is 0 Å². The molecule has 1 N–H and O–H groups in total. The quantitative estimate of drug-likeness (QED) is 0.896. The molecule has 0 radical (unpaired) electrons. The van der Waals surface area contributed by atoms with Gasteiger partial charge in [0.15, 0.2) is 5.82 Å². The molecule has 7 heteroatoms. The second kappa shape index (κ2) is 6.70. The SMILES string of the molecule is CCOC(=O)N1CCC(Nc2nnccc2C#N)CC1. The van der Waals surface area contributed by atoms with Crippen LogP contribution in [0, 0.1) is 11.3 Å². The van der Waals surface area contributed by atoms with Crippen LogP contribution >= 0.6 is 0 Å². The average Bonchev–Trinajstić information content (AvgIpc) is 2.49. The molecule has 0 saturated carbocycles. The predicted molar refractivity (Wildman–Crippen MR) is 72.0 cm³/mol. The number of nitriles is 1. The van der Waals surface area contributed by atoms with Crippen LogP contribution < -0.4 is 5.32 Å². The molecule has 2 heterocycles. The highest BCUT2D eigenvalue weighted by Gasteiger charge is 2.24. The summed E-state index contributed by atoms with van der Waals surface area (Å²) in [5.41, 5.74) is 0.479. The molecule has 0 atom stereocenters. The van der Waals surface area contributed by atoms with Crippen molar-refractivity contribution in [1.29, 1.82) is 5.26 Å². The second-order valence-corrected chi connectivity index (χ2v) is 4.51. The summed E-state index contributed by atoms with van der Waals surface area (Å²) in [6.07, 6.45) is 2.82. The van der Waals surface area contributed by atoms with Crippen LogP contribution in [0.1, 0.15) is 25.3 Å². The molecule has 0 aliphatic carbocycles. The minimum Gasteiger partial charge on any atom is -0.450 e. The lowest BCUT2D eigenvalue weighted by molar-refractivity contribution is 0.0983. The number of likely N-dealkylation sites (tertiary alicyclic amines) is 1. The average molecular weight is 275 g/mol. The lowest BCUT2D eigenvalue weighted by atomic mass is 10.1. The zero-order valence-electron chi connectivity index (χ0n) is 11.4. The molecule has 2 rings (SSSR count). The molecule has 0 unspecified atom stereocenters. The van der Waals surface area contributed by atoms with Gasteiger partial charge in [0.2, 0.25) is 0 Å². The van der Waals surface area contributed by atoms with Gasteiger partial charge in [-0.3, -0.25) is 0 Å². The van der Waals surface area contributed by atoms with Gasteiger partial charge in [0.25, 0.3) is 0 Å². The number of piperidine rings is 1. The van der Waals surface area contributed by atoms with E-state index >= 15 is 0 Å². The van der Waals surface area contributed by atoms with Gasteiger partial charge in [-0.15, -0.1) is 5.10 Å². The third-order valence-electron chi connectivity index (χ3n) is 3.20. The van der Waals surface area contributed by atoms with E-state index in [-0.39, 0.29) is 12.1 Å². The minimum absolute atomic E-state index is 0.185. The summed E-state index contributed by atoms with van der Waals surface area (Å²) in [5.74, 6) is 0.504. The van der Waals surface area contributed by atoms with Crippen molar-refractivity contribution in [2.75, 3.05) is 25.0 Å². The van der Waals surface area contributed by atoms with Crippen molar-refractivity contribution < 1.29 is 9.53 Å². The number of amides is 1. The highest BCUT2D eigenvalue weighted by Crippen LogP contribution is 2.17. The Kier molecular flexibility index (Phi) is 4.71. The number of rotatable bonds is 3. The molecule has 1 amide bonds. The normalized spacial score (nSPS) is 15.5. The summed E-state index contributed by atoms with van der Waals surface area (Å²) in [6, 6.07) is 3.89. The summed E-state index contributed by atoms with van der Waals surface area (Å²) >= 11 is 0. The van der Waals surface area contributed by atoms with Crippen LogP contribution in [0.15, 0.2) is 12.3 Å². The summed E-state index contributed by atoms with van der Waals surface area (Å²) in [4.78, 5) is 13.3. The van der Waals surface area contributed by atoms with Gasteiger partial charge < -0.3 is 15.0 Å². The van der Waals surface area contributed by atoms with Gasteiger partial charge in [0.1, 0.15) is 6.07 Å². The van der Waals surface area contributed by atoms with E-state index < -0.39 is 0 Å². The fourth-order valence-corrected chi connectivity index (χ4v) is 2.14.